The van der Waals surface area contributed by atoms with Crippen molar-refractivity contribution in [2.45, 2.75) is 101 Å². The third-order valence-electron chi connectivity index (χ3n) is 11.4. The molecule has 15 nitrogen and oxygen atoms in total. The van der Waals surface area contributed by atoms with Gasteiger partial charge in [0, 0.05) is 49.3 Å². The van der Waals surface area contributed by atoms with Crippen LogP contribution in [0, 0.1) is 22.7 Å². The van der Waals surface area contributed by atoms with Crippen molar-refractivity contribution in [2.75, 3.05) is 26.3 Å². The molecule has 0 spiro atoms. The summed E-state index contributed by atoms with van der Waals surface area (Å²) in [4.78, 5) is 72.0. The Balaban J connectivity index is 1.03. The van der Waals surface area contributed by atoms with Crippen LogP contribution in [-0.2, 0) is 59.0 Å². The van der Waals surface area contributed by atoms with E-state index >= 15 is 0 Å². The van der Waals surface area contributed by atoms with Crippen LogP contribution in [0.5, 0.6) is 0 Å². The number of benzene rings is 1. The minimum absolute atomic E-state index is 0.00983. The van der Waals surface area contributed by atoms with Crippen LogP contribution in [0.4, 0.5) is 0 Å². The van der Waals surface area contributed by atoms with E-state index in [1.54, 1.807) is 32.1 Å². The third kappa shape index (κ3) is 6.09. The van der Waals surface area contributed by atoms with Crippen LogP contribution in [-0.4, -0.2) is 109 Å². The van der Waals surface area contributed by atoms with E-state index in [4.69, 9.17) is 33.6 Å². The van der Waals surface area contributed by atoms with Crippen LogP contribution in [0.3, 0.4) is 0 Å². The maximum atomic E-state index is 14.4. The highest BCUT2D eigenvalue weighted by Crippen LogP contribution is 2.63. The molecule has 7 unspecified atom stereocenters. The molecule has 0 radical (unpaired) electrons. The van der Waals surface area contributed by atoms with Crippen molar-refractivity contribution in [3.63, 3.8) is 0 Å². The zero-order chi connectivity index (χ0) is 36.4. The lowest BCUT2D eigenvalue weighted by Crippen LogP contribution is -2.69. The highest BCUT2D eigenvalue weighted by Gasteiger charge is 2.78. The van der Waals surface area contributed by atoms with Gasteiger partial charge in [0.15, 0.2) is 11.8 Å². The highest BCUT2D eigenvalue weighted by atomic mass is 16.8. The first kappa shape index (κ1) is 35.2. The Labute approximate surface area is 300 Å². The van der Waals surface area contributed by atoms with Crippen LogP contribution in [0.2, 0.25) is 0 Å². The lowest BCUT2D eigenvalue weighted by molar-refractivity contribution is -0.235. The van der Waals surface area contributed by atoms with Crippen LogP contribution in [0.15, 0.2) is 30.3 Å². The molecule has 0 aromatic heterocycles. The Morgan fingerprint density at radius 1 is 1.02 bits per heavy atom. The average Bonchev–Trinajstić information content (AvgIpc) is 4.06. The van der Waals surface area contributed by atoms with Gasteiger partial charge in [0.2, 0.25) is 17.9 Å². The molecule has 4 saturated heterocycles. The first-order valence-corrected chi connectivity index (χ1v) is 18.2. The molecule has 4 aliphatic heterocycles. The number of carbonyl (C=O) groups excluding carboxylic acids is 5. The van der Waals surface area contributed by atoms with Gasteiger partial charge in [-0.25, -0.2) is 9.59 Å². The van der Waals surface area contributed by atoms with Gasteiger partial charge in [0.1, 0.15) is 36.4 Å². The van der Waals surface area contributed by atoms with Crippen molar-refractivity contribution >= 4 is 35.8 Å². The number of nitrogens with zero attached hydrogens (tertiary/aromatic N) is 1. The molecule has 1 aromatic carbocycles. The van der Waals surface area contributed by atoms with E-state index in [-0.39, 0.29) is 63.4 Å². The zero-order valence-electron chi connectivity index (χ0n) is 29.2. The molecule has 2 bridgehead atoms. The summed E-state index contributed by atoms with van der Waals surface area (Å²) in [5.41, 5.74) is -0.634. The molecular formula is C37H45N3O12. The fraction of sp³-hybridized carbons (Fsp3) is 0.649. The summed E-state index contributed by atoms with van der Waals surface area (Å²) in [5, 5.41) is 16.0. The predicted molar refractivity (Wildman–Crippen MR) is 177 cm³/mol. The van der Waals surface area contributed by atoms with Crippen LogP contribution in [0.25, 0.3) is 6.08 Å². The number of carbonyl (C=O) groups is 5. The smallest absolute Gasteiger partial charge is 0.348 e. The van der Waals surface area contributed by atoms with E-state index in [1.807, 2.05) is 12.1 Å². The van der Waals surface area contributed by atoms with Crippen LogP contribution in [0.1, 0.15) is 63.5 Å². The highest BCUT2D eigenvalue weighted by molar-refractivity contribution is 5.94. The van der Waals surface area contributed by atoms with Gasteiger partial charge in [0.05, 0.1) is 13.2 Å². The molecule has 8 rings (SSSR count). The fourth-order valence-electron chi connectivity index (χ4n) is 8.63. The second kappa shape index (κ2) is 13.2. The molecular weight excluding hydrogens is 678 g/mol. The van der Waals surface area contributed by atoms with E-state index < -0.39 is 77.0 Å². The SMILES string of the molecule is CC1(C)COC(=O)C1OC(=O)C=Cc1cccc(CN2OC3C4OC(C5CC5)(C5CC5)OC4C4CC3(C(=O)NCCC(=O)NCCO)C2C(=O)O4)c1. The summed E-state index contributed by atoms with van der Waals surface area (Å²) < 4.78 is 30.2. The summed E-state index contributed by atoms with van der Waals surface area (Å²) in [5.74, 6) is -2.92. The maximum absolute atomic E-state index is 14.4. The first-order chi connectivity index (χ1) is 24.9. The number of cyclic esters (lactones) is 1. The van der Waals surface area contributed by atoms with E-state index in [9.17, 15) is 24.0 Å². The number of nitrogens with one attached hydrogen (secondary N) is 2. The number of rotatable bonds is 13. The fourth-order valence-corrected chi connectivity index (χ4v) is 8.63. The van der Waals surface area contributed by atoms with Crippen molar-refractivity contribution in [1.29, 1.82) is 0 Å². The number of hydrogen-bond acceptors (Lipinski definition) is 13. The molecule has 52 heavy (non-hydrogen) atoms. The van der Waals surface area contributed by atoms with Crippen molar-refractivity contribution < 1.29 is 57.6 Å². The molecule has 7 fully saturated rings. The Kier molecular flexibility index (Phi) is 8.92. The van der Waals surface area contributed by atoms with Crippen molar-refractivity contribution in [3.8, 4) is 0 Å². The summed E-state index contributed by atoms with van der Waals surface area (Å²) in [7, 11) is 0. The number of aliphatic hydroxyl groups is 1. The number of ether oxygens (including phenoxy) is 5. The average molecular weight is 724 g/mol. The van der Waals surface area contributed by atoms with Crippen LogP contribution < -0.4 is 10.6 Å². The van der Waals surface area contributed by atoms with Gasteiger partial charge in [-0.3, -0.25) is 19.2 Å². The van der Waals surface area contributed by atoms with Gasteiger partial charge in [-0.05, 0) is 42.9 Å². The van der Waals surface area contributed by atoms with Gasteiger partial charge in [-0.2, -0.15) is 5.06 Å². The summed E-state index contributed by atoms with van der Waals surface area (Å²) in [6.45, 7) is 3.78. The molecule has 7 atom stereocenters. The quantitative estimate of drug-likeness (QED) is 0.148. The zero-order valence-corrected chi connectivity index (χ0v) is 29.2. The second-order valence-electron chi connectivity index (χ2n) is 15.7. The third-order valence-corrected chi connectivity index (χ3v) is 11.4. The monoisotopic (exact) mass is 723 g/mol. The molecule has 1 aromatic rings. The molecule has 3 N–H and O–H groups in total. The Hall–Kier alpha value is -3.89. The molecule has 3 saturated carbocycles. The second-order valence-corrected chi connectivity index (χ2v) is 15.7. The molecule has 4 heterocycles. The minimum Gasteiger partial charge on any atom is -0.462 e. The van der Waals surface area contributed by atoms with E-state index in [1.165, 1.54) is 11.1 Å². The van der Waals surface area contributed by atoms with E-state index in [0.29, 0.717) is 5.56 Å². The van der Waals surface area contributed by atoms with Gasteiger partial charge < -0.3 is 39.4 Å². The van der Waals surface area contributed by atoms with E-state index in [0.717, 1.165) is 31.2 Å². The summed E-state index contributed by atoms with van der Waals surface area (Å²) in [6.07, 6.45) is 3.08. The number of hydrogen-bond donors (Lipinski definition) is 3. The number of amides is 2. The standard InChI is InChI=1S/C37H45N3O12/c1-35(2)19-47-33(45)31(35)49-26(43)11-6-20-4-3-5-21(16-20)18-40-29-32(44)48-24-17-36(29,34(46)39-13-12-25(42)38-14-15-41)30(52-40)28-27(24)50-37(51-28,22-7-8-22)23-9-10-23/h3-6,11,16,22-24,27-31,41H,7-10,12-15,17-19H2,1-2H3,(H,38,42)(H,39,46). The molecule has 3 aliphatic carbocycles. The Morgan fingerprint density at radius 2 is 1.77 bits per heavy atom. The number of hydroxylamine groups is 2. The maximum Gasteiger partial charge on any atom is 0.348 e. The Morgan fingerprint density at radius 3 is 2.46 bits per heavy atom. The number of esters is 3. The predicted octanol–water partition coefficient (Wildman–Crippen LogP) is 0.910. The van der Waals surface area contributed by atoms with Gasteiger partial charge in [-0.15, -0.1) is 0 Å². The topological polar surface area (TPSA) is 188 Å². The Bertz CT molecular complexity index is 1660. The van der Waals surface area contributed by atoms with Gasteiger partial charge in [0.25, 0.3) is 0 Å². The largest absolute Gasteiger partial charge is 0.462 e. The molecule has 15 heteroatoms. The van der Waals surface area contributed by atoms with Crippen molar-refractivity contribution in [3.05, 3.63) is 41.5 Å². The lowest BCUT2D eigenvalue weighted by Gasteiger charge is -2.48. The summed E-state index contributed by atoms with van der Waals surface area (Å²) in [6, 6.07) is 6.14. The normalized spacial score (nSPS) is 34.1. The van der Waals surface area contributed by atoms with Gasteiger partial charge >= 0.3 is 17.9 Å². The molecule has 7 aliphatic rings. The lowest BCUT2D eigenvalue weighted by atomic mass is 9.62. The van der Waals surface area contributed by atoms with Crippen molar-refractivity contribution in [2.24, 2.45) is 22.7 Å². The van der Waals surface area contributed by atoms with Gasteiger partial charge in [-0.1, -0.05) is 38.1 Å². The minimum atomic E-state index is -1.38. The van der Waals surface area contributed by atoms with Crippen LogP contribution >= 0.6 is 0 Å². The summed E-state index contributed by atoms with van der Waals surface area (Å²) >= 11 is 0. The van der Waals surface area contributed by atoms with E-state index in [2.05, 4.69) is 10.6 Å². The molecule has 280 valence electrons. The van der Waals surface area contributed by atoms with Crippen molar-refractivity contribution in [1.82, 2.24) is 15.7 Å². The number of aliphatic hydroxyl groups excluding tert-OH is 1. The molecule has 2 amide bonds. The first-order valence-electron chi connectivity index (χ1n) is 18.2. The number of fused-ring (bicyclic) bond motifs is 4.